The summed E-state index contributed by atoms with van der Waals surface area (Å²) < 4.78 is 15.6. The molecule has 76 valence electrons. The highest BCUT2D eigenvalue weighted by atomic mass is 16.7. The predicted octanol–water partition coefficient (Wildman–Crippen LogP) is 2.13. The molecule has 0 amide bonds. The molecule has 1 aliphatic rings. The summed E-state index contributed by atoms with van der Waals surface area (Å²) >= 11 is 0. The van der Waals surface area contributed by atoms with Crippen molar-refractivity contribution in [2.75, 3.05) is 20.0 Å². The van der Waals surface area contributed by atoms with Crippen LogP contribution in [-0.4, -0.2) is 20.0 Å². The van der Waals surface area contributed by atoms with E-state index < -0.39 is 0 Å². The first-order valence-corrected chi connectivity index (χ1v) is 4.82. The fourth-order valence-electron chi connectivity index (χ4n) is 1.21. The van der Waals surface area contributed by atoms with Gasteiger partial charge >= 0.3 is 0 Å². The number of hydrogen-bond acceptors (Lipinski definition) is 3. The zero-order chi connectivity index (χ0) is 9.80. The topological polar surface area (TPSA) is 31.0 Å². The van der Waals surface area contributed by atoms with Gasteiger partial charge in [-0.3, -0.25) is 0 Å². The van der Waals surface area contributed by atoms with Crippen molar-refractivity contribution in [1.29, 1.82) is 0 Å². The van der Waals surface area contributed by atoms with Crippen LogP contribution >= 0.6 is 0 Å². The largest absolute Gasteiger partial charge is 0.468 e. The number of hydrogen-bond donors (Lipinski definition) is 0. The van der Waals surface area contributed by atoms with Gasteiger partial charge in [0.15, 0.2) is 6.79 Å². The lowest BCUT2D eigenvalue weighted by atomic mass is 10.2. The highest BCUT2D eigenvalue weighted by Crippen LogP contribution is 2.30. The second-order valence-electron chi connectivity index (χ2n) is 3.15. The number of ether oxygens (including phenoxy) is 3. The van der Waals surface area contributed by atoms with Gasteiger partial charge in [0.2, 0.25) is 0 Å². The molecule has 0 aromatic heterocycles. The van der Waals surface area contributed by atoms with Crippen molar-refractivity contribution in [1.82, 2.24) is 0 Å². The maximum absolute atomic E-state index is 5.34. The molecule has 0 aliphatic carbocycles. The van der Waals surface area contributed by atoms with Crippen LogP contribution in [-0.2, 0) is 9.47 Å². The van der Waals surface area contributed by atoms with Crippen molar-refractivity contribution in [2.24, 2.45) is 0 Å². The molecule has 0 N–H and O–H groups in total. The van der Waals surface area contributed by atoms with Gasteiger partial charge in [-0.05, 0) is 24.6 Å². The molecule has 1 atom stereocenters. The van der Waals surface area contributed by atoms with E-state index >= 15 is 0 Å². The fourth-order valence-corrected chi connectivity index (χ4v) is 1.21. The van der Waals surface area contributed by atoms with Gasteiger partial charge in [-0.25, -0.2) is 0 Å². The first-order valence-electron chi connectivity index (χ1n) is 4.82. The third kappa shape index (κ3) is 2.47. The highest BCUT2D eigenvalue weighted by Gasteiger charge is 2.24. The summed E-state index contributed by atoms with van der Waals surface area (Å²) in [4.78, 5) is 0. The van der Waals surface area contributed by atoms with Crippen LogP contribution in [0.1, 0.15) is 18.6 Å². The quantitative estimate of drug-likeness (QED) is 0.408. The minimum atomic E-state index is 0.315. The second kappa shape index (κ2) is 4.44. The summed E-state index contributed by atoms with van der Waals surface area (Å²) in [6, 6.07) is 7.93. The lowest BCUT2D eigenvalue weighted by Gasteiger charge is -2.05. The predicted molar refractivity (Wildman–Crippen MR) is 52.3 cm³/mol. The molecule has 0 bridgehead atoms. The maximum atomic E-state index is 5.34. The molecular weight excluding hydrogens is 180 g/mol. The van der Waals surface area contributed by atoms with Crippen molar-refractivity contribution in [3.05, 3.63) is 29.8 Å². The Morgan fingerprint density at radius 3 is 2.64 bits per heavy atom. The van der Waals surface area contributed by atoms with Gasteiger partial charge in [0, 0.05) is 6.61 Å². The molecule has 3 heteroatoms. The zero-order valence-electron chi connectivity index (χ0n) is 8.23. The first-order chi connectivity index (χ1) is 6.90. The molecule has 1 fully saturated rings. The van der Waals surface area contributed by atoms with Crippen molar-refractivity contribution in [3.63, 3.8) is 0 Å². The summed E-state index contributed by atoms with van der Waals surface area (Å²) in [5.74, 6) is 0.836. The van der Waals surface area contributed by atoms with Gasteiger partial charge in [-0.2, -0.15) is 0 Å². The minimum absolute atomic E-state index is 0.315. The van der Waals surface area contributed by atoms with E-state index in [1.165, 1.54) is 5.56 Å². The van der Waals surface area contributed by atoms with Gasteiger partial charge in [0.05, 0.1) is 6.61 Å². The Morgan fingerprint density at radius 1 is 1.36 bits per heavy atom. The van der Waals surface area contributed by atoms with E-state index in [1.54, 1.807) is 0 Å². The monoisotopic (exact) mass is 194 g/mol. The first kappa shape index (κ1) is 9.49. The Kier molecular flexibility index (Phi) is 3.01. The zero-order valence-corrected chi connectivity index (χ0v) is 8.23. The van der Waals surface area contributed by atoms with Crippen LogP contribution in [0.4, 0.5) is 0 Å². The maximum Gasteiger partial charge on any atom is 0.189 e. The summed E-state index contributed by atoms with van der Waals surface area (Å²) in [7, 11) is 0. The lowest BCUT2D eigenvalue weighted by molar-refractivity contribution is 0.0224. The Morgan fingerprint density at radius 2 is 2.07 bits per heavy atom. The van der Waals surface area contributed by atoms with E-state index in [4.69, 9.17) is 14.2 Å². The van der Waals surface area contributed by atoms with E-state index in [0.29, 0.717) is 19.5 Å². The molecule has 2 rings (SSSR count). The van der Waals surface area contributed by atoms with Crippen LogP contribution in [0.25, 0.3) is 0 Å². The van der Waals surface area contributed by atoms with Gasteiger partial charge in [-0.1, -0.05) is 12.1 Å². The minimum Gasteiger partial charge on any atom is -0.468 e. The summed E-state index contributed by atoms with van der Waals surface area (Å²) in [5, 5.41) is 0. The number of benzene rings is 1. The van der Waals surface area contributed by atoms with Gasteiger partial charge in [0.1, 0.15) is 11.9 Å². The van der Waals surface area contributed by atoms with E-state index in [2.05, 4.69) is 0 Å². The summed E-state index contributed by atoms with van der Waals surface area (Å²) in [6.45, 7) is 3.78. The molecular formula is C11H14O3. The molecule has 1 aliphatic heterocycles. The molecule has 0 spiro atoms. The molecule has 0 radical (unpaired) electrons. The van der Waals surface area contributed by atoms with Crippen molar-refractivity contribution < 1.29 is 14.2 Å². The van der Waals surface area contributed by atoms with Crippen LogP contribution in [0.15, 0.2) is 24.3 Å². The molecule has 1 saturated heterocycles. The van der Waals surface area contributed by atoms with Gasteiger partial charge < -0.3 is 14.2 Å². The van der Waals surface area contributed by atoms with Crippen molar-refractivity contribution in [3.8, 4) is 5.75 Å². The fraction of sp³-hybridized carbons (Fsp3) is 0.455. The number of epoxide rings is 1. The van der Waals surface area contributed by atoms with E-state index in [-0.39, 0.29) is 0 Å². The molecule has 1 heterocycles. The molecule has 3 nitrogen and oxygen atoms in total. The number of rotatable bonds is 5. The molecule has 1 aromatic carbocycles. The smallest absolute Gasteiger partial charge is 0.189 e. The highest BCUT2D eigenvalue weighted by molar-refractivity contribution is 5.29. The van der Waals surface area contributed by atoms with Crippen LogP contribution in [0.2, 0.25) is 0 Å². The summed E-state index contributed by atoms with van der Waals surface area (Å²) in [6.07, 6.45) is 0.316. The Hall–Kier alpha value is -1.06. The normalized spacial score (nSPS) is 19.4. The van der Waals surface area contributed by atoms with Crippen molar-refractivity contribution >= 4 is 0 Å². The Bertz CT molecular complexity index is 277. The summed E-state index contributed by atoms with van der Waals surface area (Å²) in [5.41, 5.74) is 1.22. The average Bonchev–Trinajstić information content (AvgIpc) is 3.03. The standard InChI is InChI=1S/C11H14O3/c1-2-12-8-14-10-5-3-9(4-6-10)11-7-13-11/h3-6,11H,2,7-8H2,1H3. The van der Waals surface area contributed by atoms with Gasteiger partial charge in [-0.15, -0.1) is 0 Å². The molecule has 14 heavy (non-hydrogen) atoms. The second-order valence-corrected chi connectivity index (χ2v) is 3.15. The van der Waals surface area contributed by atoms with Crippen LogP contribution in [0.3, 0.4) is 0 Å². The van der Waals surface area contributed by atoms with E-state index in [1.807, 2.05) is 31.2 Å². The Balaban J connectivity index is 1.86. The van der Waals surface area contributed by atoms with E-state index in [0.717, 1.165) is 12.4 Å². The van der Waals surface area contributed by atoms with Gasteiger partial charge in [0.25, 0.3) is 0 Å². The third-order valence-electron chi connectivity index (χ3n) is 2.10. The van der Waals surface area contributed by atoms with Crippen LogP contribution in [0.5, 0.6) is 5.75 Å². The van der Waals surface area contributed by atoms with Crippen LogP contribution < -0.4 is 4.74 Å². The SMILES string of the molecule is CCOCOc1ccc(C2CO2)cc1. The Labute approximate surface area is 83.6 Å². The van der Waals surface area contributed by atoms with Crippen LogP contribution in [0, 0.1) is 0 Å². The lowest BCUT2D eigenvalue weighted by Crippen LogP contribution is -2.01. The van der Waals surface area contributed by atoms with E-state index in [9.17, 15) is 0 Å². The molecule has 0 saturated carbocycles. The molecule has 1 unspecified atom stereocenters. The third-order valence-corrected chi connectivity index (χ3v) is 2.10. The molecule has 1 aromatic rings. The average molecular weight is 194 g/mol. The van der Waals surface area contributed by atoms with Crippen molar-refractivity contribution in [2.45, 2.75) is 13.0 Å².